The highest BCUT2D eigenvalue weighted by molar-refractivity contribution is 7.91. The minimum absolute atomic E-state index is 0.200. The second kappa shape index (κ2) is 6.27. The van der Waals surface area contributed by atoms with Crippen LogP contribution in [0, 0.1) is 5.92 Å². The molecule has 0 aromatic heterocycles. The van der Waals surface area contributed by atoms with Crippen molar-refractivity contribution in [1.82, 2.24) is 0 Å². The molecule has 2 unspecified atom stereocenters. The van der Waals surface area contributed by atoms with Crippen molar-refractivity contribution in [2.45, 2.75) is 36.5 Å². The molecule has 2 atom stereocenters. The van der Waals surface area contributed by atoms with Crippen LogP contribution in [0.1, 0.15) is 19.8 Å². The molecule has 0 spiro atoms. The number of alkyl halides is 2. The highest BCUT2D eigenvalue weighted by Gasteiger charge is 2.28. The zero-order valence-corrected chi connectivity index (χ0v) is 12.7. The Morgan fingerprint density at radius 1 is 1.33 bits per heavy atom. The van der Waals surface area contributed by atoms with E-state index in [9.17, 15) is 17.2 Å². The van der Waals surface area contributed by atoms with Gasteiger partial charge in [-0.15, -0.1) is 0 Å². The summed E-state index contributed by atoms with van der Waals surface area (Å²) in [7, 11) is -4.53. The minimum atomic E-state index is -4.53. The average Bonchev–Trinajstić information content (AvgIpc) is 2.47. The summed E-state index contributed by atoms with van der Waals surface area (Å²) in [6, 6.07) is 5.83. The molecule has 1 saturated heterocycles. The summed E-state index contributed by atoms with van der Waals surface area (Å²) in [6.07, 6.45) is 2.02. The fourth-order valence-electron chi connectivity index (χ4n) is 2.75. The third-order valence-electron chi connectivity index (χ3n) is 3.98. The largest absolute Gasteiger partial charge is 0.367 e. The van der Waals surface area contributed by atoms with Gasteiger partial charge >= 0.3 is 5.76 Å². The fourth-order valence-corrected chi connectivity index (χ4v) is 3.47. The third-order valence-corrected chi connectivity index (χ3v) is 5.38. The second-order valence-electron chi connectivity index (χ2n) is 5.51. The van der Waals surface area contributed by atoms with Gasteiger partial charge in [0.15, 0.2) is 0 Å². The molecule has 1 aromatic rings. The lowest BCUT2D eigenvalue weighted by atomic mass is 9.92. The first-order valence-corrected chi connectivity index (χ1v) is 8.49. The Kier molecular flexibility index (Phi) is 4.83. The number of rotatable bonds is 4. The van der Waals surface area contributed by atoms with Crippen LogP contribution in [0.4, 0.5) is 14.5 Å². The van der Waals surface area contributed by atoms with E-state index in [1.807, 2.05) is 0 Å². The predicted octanol–water partition coefficient (Wildman–Crippen LogP) is 2.25. The molecule has 21 heavy (non-hydrogen) atoms. The third kappa shape index (κ3) is 3.35. The average molecular weight is 318 g/mol. The molecule has 0 amide bonds. The zero-order chi connectivity index (χ0) is 15.6. The molecule has 1 fully saturated rings. The first kappa shape index (κ1) is 16.2. The number of nitrogens with zero attached hydrogens (tertiary/aromatic N) is 1. The van der Waals surface area contributed by atoms with Crippen molar-refractivity contribution >= 4 is 15.5 Å². The summed E-state index contributed by atoms with van der Waals surface area (Å²) in [5.41, 5.74) is 6.62. The Morgan fingerprint density at radius 3 is 2.48 bits per heavy atom. The van der Waals surface area contributed by atoms with E-state index in [4.69, 9.17) is 5.73 Å². The molecule has 0 bridgehead atoms. The van der Waals surface area contributed by atoms with Crippen LogP contribution < -0.4 is 10.6 Å². The van der Waals surface area contributed by atoms with E-state index < -0.39 is 15.6 Å². The molecule has 0 saturated carbocycles. The lowest BCUT2D eigenvalue weighted by molar-refractivity contribution is 0.234. The molecule has 2 rings (SSSR count). The number of nitrogens with two attached hydrogens (primary N) is 1. The molecular weight excluding hydrogens is 298 g/mol. The van der Waals surface area contributed by atoms with Gasteiger partial charge in [0, 0.05) is 24.8 Å². The van der Waals surface area contributed by atoms with Crippen molar-refractivity contribution in [2.24, 2.45) is 11.7 Å². The van der Waals surface area contributed by atoms with Gasteiger partial charge in [0.2, 0.25) is 9.84 Å². The lowest BCUT2D eigenvalue weighted by Gasteiger charge is -2.39. The molecule has 1 aliphatic rings. The first-order chi connectivity index (χ1) is 9.86. The molecule has 1 heterocycles. The standard InChI is InChI=1S/C14H20F2N2O2S/c1-10-6-7-18(12(8-10)9-17)11-2-4-13(5-3-11)21(19,20)14(15)16/h2-5,10,12,14H,6-9,17H2,1H3. The van der Waals surface area contributed by atoms with Gasteiger partial charge in [-0.1, -0.05) is 6.92 Å². The van der Waals surface area contributed by atoms with E-state index in [0.717, 1.165) is 25.1 Å². The molecular formula is C14H20F2N2O2S. The maximum absolute atomic E-state index is 12.5. The molecule has 0 aliphatic carbocycles. The van der Waals surface area contributed by atoms with Gasteiger partial charge < -0.3 is 10.6 Å². The molecule has 2 N–H and O–H groups in total. The highest BCUT2D eigenvalue weighted by Crippen LogP contribution is 2.29. The normalized spacial score (nSPS) is 23.6. The molecule has 7 heteroatoms. The number of sulfone groups is 1. The van der Waals surface area contributed by atoms with Gasteiger partial charge in [-0.2, -0.15) is 8.78 Å². The van der Waals surface area contributed by atoms with Crippen LogP contribution in [0.25, 0.3) is 0 Å². The number of halogens is 2. The summed E-state index contributed by atoms with van der Waals surface area (Å²) in [5, 5.41) is 0. The Balaban J connectivity index is 2.23. The Morgan fingerprint density at radius 2 is 1.95 bits per heavy atom. The monoisotopic (exact) mass is 318 g/mol. The van der Waals surface area contributed by atoms with Crippen molar-refractivity contribution in [3.8, 4) is 0 Å². The Hall–Kier alpha value is -1.21. The van der Waals surface area contributed by atoms with Crippen LogP contribution in [-0.4, -0.2) is 33.3 Å². The van der Waals surface area contributed by atoms with Crippen LogP contribution in [0.2, 0.25) is 0 Å². The van der Waals surface area contributed by atoms with Gasteiger partial charge in [-0.3, -0.25) is 0 Å². The van der Waals surface area contributed by atoms with Crippen molar-refractivity contribution in [3.05, 3.63) is 24.3 Å². The van der Waals surface area contributed by atoms with E-state index in [1.54, 1.807) is 12.1 Å². The van der Waals surface area contributed by atoms with Crippen LogP contribution in [-0.2, 0) is 9.84 Å². The Bertz CT molecular complexity index is 575. The van der Waals surface area contributed by atoms with E-state index in [0.29, 0.717) is 12.5 Å². The fraction of sp³-hybridized carbons (Fsp3) is 0.571. The van der Waals surface area contributed by atoms with E-state index in [2.05, 4.69) is 11.8 Å². The number of hydrogen-bond acceptors (Lipinski definition) is 4. The molecule has 118 valence electrons. The molecule has 1 aromatic carbocycles. The van der Waals surface area contributed by atoms with Gasteiger partial charge in [-0.05, 0) is 43.0 Å². The predicted molar refractivity (Wildman–Crippen MR) is 78.2 cm³/mol. The van der Waals surface area contributed by atoms with Gasteiger partial charge in [0.05, 0.1) is 4.90 Å². The number of piperidine rings is 1. The second-order valence-corrected chi connectivity index (χ2v) is 7.43. The van der Waals surface area contributed by atoms with Crippen molar-refractivity contribution in [2.75, 3.05) is 18.0 Å². The van der Waals surface area contributed by atoms with Crippen molar-refractivity contribution < 1.29 is 17.2 Å². The smallest absolute Gasteiger partial charge is 0.341 e. The van der Waals surface area contributed by atoms with Crippen molar-refractivity contribution in [3.63, 3.8) is 0 Å². The van der Waals surface area contributed by atoms with E-state index in [-0.39, 0.29) is 10.9 Å². The van der Waals surface area contributed by atoms with Gasteiger partial charge in [-0.25, -0.2) is 8.42 Å². The van der Waals surface area contributed by atoms with Gasteiger partial charge in [0.25, 0.3) is 0 Å². The Labute approximate surface area is 123 Å². The number of hydrogen-bond donors (Lipinski definition) is 1. The maximum Gasteiger partial charge on any atom is 0.341 e. The lowest BCUT2D eigenvalue weighted by Crippen LogP contribution is -2.46. The van der Waals surface area contributed by atoms with Crippen LogP contribution in [0.5, 0.6) is 0 Å². The van der Waals surface area contributed by atoms with E-state index in [1.165, 1.54) is 12.1 Å². The maximum atomic E-state index is 12.5. The summed E-state index contributed by atoms with van der Waals surface area (Å²) < 4.78 is 47.8. The highest BCUT2D eigenvalue weighted by atomic mass is 32.2. The molecule has 4 nitrogen and oxygen atoms in total. The first-order valence-electron chi connectivity index (χ1n) is 6.95. The van der Waals surface area contributed by atoms with Crippen molar-refractivity contribution in [1.29, 1.82) is 0 Å². The summed E-state index contributed by atoms with van der Waals surface area (Å²) in [6.45, 7) is 3.53. The quantitative estimate of drug-likeness (QED) is 0.925. The summed E-state index contributed by atoms with van der Waals surface area (Å²) in [4.78, 5) is 1.77. The SMILES string of the molecule is CC1CCN(c2ccc(S(=O)(=O)C(F)F)cc2)C(CN)C1. The van der Waals surface area contributed by atoms with Crippen LogP contribution >= 0.6 is 0 Å². The summed E-state index contributed by atoms with van der Waals surface area (Å²) in [5.74, 6) is -2.79. The number of anilines is 1. The van der Waals surface area contributed by atoms with Crippen LogP contribution in [0.15, 0.2) is 29.2 Å². The molecule has 1 aliphatic heterocycles. The van der Waals surface area contributed by atoms with Gasteiger partial charge in [0.1, 0.15) is 0 Å². The summed E-state index contributed by atoms with van der Waals surface area (Å²) >= 11 is 0. The minimum Gasteiger partial charge on any atom is -0.367 e. The van der Waals surface area contributed by atoms with Crippen LogP contribution in [0.3, 0.4) is 0 Å². The molecule has 0 radical (unpaired) electrons. The topological polar surface area (TPSA) is 63.4 Å². The zero-order valence-electron chi connectivity index (χ0n) is 11.9. The van der Waals surface area contributed by atoms with E-state index >= 15 is 0 Å². The number of benzene rings is 1.